The van der Waals surface area contributed by atoms with Gasteiger partial charge in [-0.3, -0.25) is 0 Å². The van der Waals surface area contributed by atoms with Crippen LogP contribution in [0.25, 0.3) is 0 Å². The zero-order valence-electron chi connectivity index (χ0n) is 8.19. The number of alkyl halides is 1. The van der Waals surface area contributed by atoms with Gasteiger partial charge in [-0.15, -0.1) is 0 Å². The molecule has 0 aromatic heterocycles. The number of rotatable bonds is 4. The second-order valence-electron chi connectivity index (χ2n) is 4.22. The first-order valence-corrected chi connectivity index (χ1v) is 6.67. The molecule has 0 aliphatic heterocycles. The Labute approximate surface area is 90.6 Å². The summed E-state index contributed by atoms with van der Waals surface area (Å²) in [6.45, 7) is 2.32. The van der Waals surface area contributed by atoms with E-state index >= 15 is 0 Å². The second-order valence-corrected chi connectivity index (χ2v) is 6.34. The Morgan fingerprint density at radius 3 is 2.50 bits per heavy atom. The van der Waals surface area contributed by atoms with E-state index in [0.29, 0.717) is 0 Å². The third kappa shape index (κ3) is 4.68. The molecule has 12 heavy (non-hydrogen) atoms. The average Bonchev–Trinajstić information content (AvgIpc) is 2.05. The van der Waals surface area contributed by atoms with Crippen molar-refractivity contribution in [2.24, 2.45) is 5.92 Å². The Kier molecular flexibility index (Phi) is 5.61. The molecule has 1 atom stereocenters. The summed E-state index contributed by atoms with van der Waals surface area (Å²) in [5, 5.41) is 0. The monoisotopic (exact) mass is 280 g/mol. The van der Waals surface area contributed by atoms with Crippen molar-refractivity contribution in [3.63, 3.8) is 0 Å². The van der Waals surface area contributed by atoms with Crippen LogP contribution >= 0.6 is 22.6 Å². The quantitative estimate of drug-likeness (QED) is 0.523. The lowest BCUT2D eigenvalue weighted by Gasteiger charge is -2.21. The molecule has 0 aromatic rings. The van der Waals surface area contributed by atoms with Crippen LogP contribution in [-0.4, -0.2) is 3.92 Å². The third-order valence-corrected chi connectivity index (χ3v) is 3.56. The lowest BCUT2D eigenvalue weighted by Crippen LogP contribution is -2.06. The van der Waals surface area contributed by atoms with E-state index in [1.807, 2.05) is 0 Å². The van der Waals surface area contributed by atoms with Crippen LogP contribution in [0.2, 0.25) is 0 Å². The van der Waals surface area contributed by atoms with Crippen LogP contribution in [0.4, 0.5) is 0 Å². The summed E-state index contributed by atoms with van der Waals surface area (Å²) in [7, 11) is 0. The largest absolute Gasteiger partial charge is 0.0829 e. The van der Waals surface area contributed by atoms with Crippen LogP contribution in [0.5, 0.6) is 0 Å². The van der Waals surface area contributed by atoms with Crippen molar-refractivity contribution >= 4 is 22.6 Å². The molecule has 1 saturated carbocycles. The van der Waals surface area contributed by atoms with Crippen molar-refractivity contribution in [3.8, 4) is 0 Å². The third-order valence-electron chi connectivity index (χ3n) is 2.94. The van der Waals surface area contributed by atoms with Crippen molar-refractivity contribution in [1.82, 2.24) is 0 Å². The fourth-order valence-corrected chi connectivity index (χ4v) is 2.60. The van der Waals surface area contributed by atoms with Gasteiger partial charge in [0.05, 0.1) is 0 Å². The molecular weight excluding hydrogens is 259 g/mol. The maximum atomic E-state index is 2.54. The van der Waals surface area contributed by atoms with Gasteiger partial charge in [0.2, 0.25) is 0 Å². The molecule has 0 radical (unpaired) electrons. The van der Waals surface area contributed by atoms with Gasteiger partial charge in [-0.2, -0.15) is 0 Å². The van der Waals surface area contributed by atoms with E-state index < -0.39 is 0 Å². The van der Waals surface area contributed by atoms with Gasteiger partial charge in [-0.25, -0.2) is 0 Å². The highest BCUT2D eigenvalue weighted by Crippen LogP contribution is 2.28. The molecule has 1 aliphatic carbocycles. The minimum atomic E-state index is 0.881. The van der Waals surface area contributed by atoms with E-state index in [0.717, 1.165) is 9.84 Å². The molecule has 1 aliphatic rings. The molecule has 0 amide bonds. The Hall–Kier alpha value is 0.730. The minimum absolute atomic E-state index is 0.881. The first-order chi connectivity index (χ1) is 5.79. The highest BCUT2D eigenvalue weighted by Gasteiger charge is 2.12. The van der Waals surface area contributed by atoms with Gasteiger partial charge in [0.25, 0.3) is 0 Å². The number of halogens is 1. The Morgan fingerprint density at radius 1 is 1.25 bits per heavy atom. The van der Waals surface area contributed by atoms with Crippen molar-refractivity contribution in [1.29, 1.82) is 0 Å². The van der Waals surface area contributed by atoms with Crippen molar-refractivity contribution < 1.29 is 0 Å². The second kappa shape index (κ2) is 6.22. The molecule has 0 N–H and O–H groups in total. The Morgan fingerprint density at radius 2 is 1.92 bits per heavy atom. The minimum Gasteiger partial charge on any atom is -0.0829 e. The average molecular weight is 280 g/mol. The highest BCUT2D eigenvalue weighted by atomic mass is 127. The van der Waals surface area contributed by atoms with Gasteiger partial charge in [-0.1, -0.05) is 74.5 Å². The molecule has 0 bridgehead atoms. The summed E-state index contributed by atoms with van der Waals surface area (Å²) in [6.07, 6.45) is 12.0. The van der Waals surface area contributed by atoms with Crippen LogP contribution in [0.3, 0.4) is 0 Å². The molecule has 0 heterocycles. The van der Waals surface area contributed by atoms with Gasteiger partial charge >= 0.3 is 0 Å². The number of hydrogen-bond donors (Lipinski definition) is 0. The highest BCUT2D eigenvalue weighted by molar-refractivity contribution is 14.1. The molecule has 0 nitrogen and oxygen atoms in total. The maximum Gasteiger partial charge on any atom is 0.00813 e. The van der Waals surface area contributed by atoms with Crippen molar-refractivity contribution in [2.75, 3.05) is 0 Å². The SMILES string of the molecule is CC(I)CCCC1CCCCC1. The van der Waals surface area contributed by atoms with E-state index in [1.54, 1.807) is 0 Å². The predicted octanol–water partition coefficient (Wildman–Crippen LogP) is 4.56. The first-order valence-electron chi connectivity index (χ1n) is 5.43. The van der Waals surface area contributed by atoms with Crippen LogP contribution in [0, 0.1) is 5.92 Å². The van der Waals surface area contributed by atoms with Crippen molar-refractivity contribution in [2.45, 2.75) is 62.2 Å². The van der Waals surface area contributed by atoms with Gasteiger partial charge in [0.1, 0.15) is 0 Å². The zero-order valence-corrected chi connectivity index (χ0v) is 10.3. The fourth-order valence-electron chi connectivity index (χ4n) is 2.16. The van der Waals surface area contributed by atoms with E-state index in [2.05, 4.69) is 29.5 Å². The predicted molar refractivity (Wildman–Crippen MR) is 63.9 cm³/mol. The number of hydrogen-bond acceptors (Lipinski definition) is 0. The normalized spacial score (nSPS) is 22.5. The Balaban J connectivity index is 1.98. The summed E-state index contributed by atoms with van der Waals surface area (Å²) < 4.78 is 0.881. The van der Waals surface area contributed by atoms with E-state index in [1.165, 1.54) is 51.4 Å². The lowest BCUT2D eigenvalue weighted by molar-refractivity contribution is 0.330. The van der Waals surface area contributed by atoms with E-state index in [-0.39, 0.29) is 0 Å². The maximum absolute atomic E-state index is 2.54. The van der Waals surface area contributed by atoms with Gasteiger partial charge < -0.3 is 0 Å². The van der Waals surface area contributed by atoms with E-state index in [9.17, 15) is 0 Å². The zero-order chi connectivity index (χ0) is 8.81. The lowest BCUT2D eigenvalue weighted by atomic mass is 9.86. The van der Waals surface area contributed by atoms with Crippen LogP contribution in [0.15, 0.2) is 0 Å². The van der Waals surface area contributed by atoms with Crippen LogP contribution in [-0.2, 0) is 0 Å². The summed E-state index contributed by atoms with van der Waals surface area (Å²) in [5.41, 5.74) is 0. The fraction of sp³-hybridized carbons (Fsp3) is 1.00. The topological polar surface area (TPSA) is 0 Å². The van der Waals surface area contributed by atoms with Crippen LogP contribution < -0.4 is 0 Å². The summed E-state index contributed by atoms with van der Waals surface area (Å²) in [5.74, 6) is 1.09. The molecule has 1 unspecified atom stereocenters. The molecule has 1 heteroatoms. The molecule has 1 fully saturated rings. The molecule has 1 rings (SSSR count). The van der Waals surface area contributed by atoms with Gasteiger partial charge in [0, 0.05) is 3.92 Å². The summed E-state index contributed by atoms with van der Waals surface area (Å²) in [4.78, 5) is 0. The van der Waals surface area contributed by atoms with E-state index in [4.69, 9.17) is 0 Å². The molecular formula is C11H21I. The molecule has 0 saturated heterocycles. The summed E-state index contributed by atoms with van der Waals surface area (Å²) >= 11 is 2.54. The smallest absolute Gasteiger partial charge is 0.00813 e. The summed E-state index contributed by atoms with van der Waals surface area (Å²) in [6, 6.07) is 0. The standard InChI is InChI=1S/C11H21I/c1-10(12)6-5-9-11-7-3-2-4-8-11/h10-11H,2-9H2,1H3. The van der Waals surface area contributed by atoms with Crippen molar-refractivity contribution in [3.05, 3.63) is 0 Å². The molecule has 72 valence electrons. The molecule has 0 spiro atoms. The van der Waals surface area contributed by atoms with Gasteiger partial charge in [-0.05, 0) is 12.3 Å². The van der Waals surface area contributed by atoms with Gasteiger partial charge in [0.15, 0.2) is 0 Å². The Bertz CT molecular complexity index is 104. The molecule has 0 aromatic carbocycles. The first kappa shape index (κ1) is 10.8. The van der Waals surface area contributed by atoms with Crippen LogP contribution in [0.1, 0.15) is 58.3 Å².